The molecule has 1 heterocycles. The van der Waals surface area contributed by atoms with Crippen molar-refractivity contribution in [1.29, 1.82) is 0 Å². The van der Waals surface area contributed by atoms with Crippen LogP contribution in [0, 0.1) is 5.92 Å². The summed E-state index contributed by atoms with van der Waals surface area (Å²) in [5, 5.41) is 0. The first-order valence-electron chi connectivity index (χ1n) is 7.05. The minimum atomic E-state index is -0.192. The number of carbonyl (C=O) groups is 1. The number of anilines is 1. The number of halogens is 1. The maximum absolute atomic E-state index is 11.0. The molecule has 4 nitrogen and oxygen atoms in total. The lowest BCUT2D eigenvalue weighted by molar-refractivity contribution is -0.119. The predicted molar refractivity (Wildman–Crippen MR) is 85.5 cm³/mol. The summed E-state index contributed by atoms with van der Waals surface area (Å²) in [6.07, 6.45) is 2.52. The molecule has 2 rings (SSSR count). The molecule has 1 saturated heterocycles. The number of hydrogen-bond acceptors (Lipinski definition) is 3. The molecule has 1 fully saturated rings. The molecule has 1 atom stereocenters. The standard InChI is InChI=1S/C15H22BrN3O/c1-10(17)13-3-2-12(16)9-14(13)19-6-4-11(5-7-19)8-15(18)20/h2-3,9-11H,4-8,17H2,1H3,(H2,18,20). The Morgan fingerprint density at radius 2 is 2.10 bits per heavy atom. The third-order valence-corrected chi connectivity index (χ3v) is 4.42. The first kappa shape index (κ1) is 15.3. The summed E-state index contributed by atoms with van der Waals surface area (Å²) in [4.78, 5) is 13.4. The SMILES string of the molecule is CC(N)c1ccc(Br)cc1N1CCC(CC(N)=O)CC1. The van der Waals surface area contributed by atoms with Crippen molar-refractivity contribution < 1.29 is 4.79 Å². The fourth-order valence-corrected chi connectivity index (χ4v) is 3.19. The van der Waals surface area contributed by atoms with Crippen molar-refractivity contribution >= 4 is 27.5 Å². The van der Waals surface area contributed by atoms with Gasteiger partial charge in [0.05, 0.1) is 0 Å². The van der Waals surface area contributed by atoms with Gasteiger partial charge in [-0.25, -0.2) is 0 Å². The molecule has 110 valence electrons. The molecule has 20 heavy (non-hydrogen) atoms. The van der Waals surface area contributed by atoms with E-state index in [1.54, 1.807) is 0 Å². The minimum absolute atomic E-state index is 0.0152. The number of benzene rings is 1. The van der Waals surface area contributed by atoms with Gasteiger partial charge in [-0.2, -0.15) is 0 Å². The molecule has 0 saturated carbocycles. The van der Waals surface area contributed by atoms with Gasteiger partial charge in [0, 0.05) is 35.7 Å². The molecule has 1 aliphatic rings. The molecule has 1 aromatic carbocycles. The number of piperidine rings is 1. The van der Waals surface area contributed by atoms with Crippen molar-refractivity contribution in [3.05, 3.63) is 28.2 Å². The predicted octanol–water partition coefficient (Wildman–Crippen LogP) is 2.56. The summed E-state index contributed by atoms with van der Waals surface area (Å²) in [5.41, 5.74) is 13.7. The number of rotatable bonds is 4. The molecule has 1 aliphatic heterocycles. The molecular formula is C15H22BrN3O. The Kier molecular flexibility index (Phi) is 5.05. The Morgan fingerprint density at radius 3 is 2.65 bits per heavy atom. The number of primary amides is 1. The normalized spacial score (nSPS) is 18.1. The van der Waals surface area contributed by atoms with Gasteiger partial charge in [0.1, 0.15) is 0 Å². The molecule has 0 aliphatic carbocycles. The molecule has 5 heteroatoms. The van der Waals surface area contributed by atoms with Crippen LogP contribution < -0.4 is 16.4 Å². The van der Waals surface area contributed by atoms with E-state index < -0.39 is 0 Å². The van der Waals surface area contributed by atoms with Crippen LogP contribution >= 0.6 is 15.9 Å². The van der Waals surface area contributed by atoms with Gasteiger partial charge in [0.2, 0.25) is 5.91 Å². The van der Waals surface area contributed by atoms with Gasteiger partial charge in [-0.05, 0) is 43.4 Å². The van der Waals surface area contributed by atoms with Crippen molar-refractivity contribution in [2.75, 3.05) is 18.0 Å². The zero-order chi connectivity index (χ0) is 14.7. The third kappa shape index (κ3) is 3.73. The summed E-state index contributed by atoms with van der Waals surface area (Å²) in [6, 6.07) is 6.26. The van der Waals surface area contributed by atoms with Crippen molar-refractivity contribution in [1.82, 2.24) is 0 Å². The van der Waals surface area contributed by atoms with Crippen LogP contribution in [0.15, 0.2) is 22.7 Å². The van der Waals surface area contributed by atoms with Gasteiger partial charge >= 0.3 is 0 Å². The largest absolute Gasteiger partial charge is 0.371 e. The maximum Gasteiger partial charge on any atom is 0.217 e. The van der Waals surface area contributed by atoms with E-state index in [9.17, 15) is 4.79 Å². The lowest BCUT2D eigenvalue weighted by Crippen LogP contribution is -2.36. The van der Waals surface area contributed by atoms with Crippen LogP contribution in [-0.4, -0.2) is 19.0 Å². The molecule has 1 amide bonds. The third-order valence-electron chi connectivity index (χ3n) is 3.93. The van der Waals surface area contributed by atoms with Crippen LogP contribution in [0.2, 0.25) is 0 Å². The van der Waals surface area contributed by atoms with E-state index >= 15 is 0 Å². The molecule has 0 radical (unpaired) electrons. The van der Waals surface area contributed by atoms with Crippen molar-refractivity contribution in [2.45, 2.75) is 32.2 Å². The van der Waals surface area contributed by atoms with E-state index in [0.717, 1.165) is 30.4 Å². The van der Waals surface area contributed by atoms with Crippen molar-refractivity contribution in [2.24, 2.45) is 17.4 Å². The highest BCUT2D eigenvalue weighted by Gasteiger charge is 2.23. The lowest BCUT2D eigenvalue weighted by Gasteiger charge is -2.35. The molecule has 0 aromatic heterocycles. The van der Waals surface area contributed by atoms with E-state index in [0.29, 0.717) is 12.3 Å². The topological polar surface area (TPSA) is 72.3 Å². The summed E-state index contributed by atoms with van der Waals surface area (Å²) in [5.74, 6) is 0.233. The zero-order valence-corrected chi connectivity index (χ0v) is 13.4. The maximum atomic E-state index is 11.0. The van der Waals surface area contributed by atoms with Gasteiger partial charge in [0.25, 0.3) is 0 Å². The quantitative estimate of drug-likeness (QED) is 0.885. The summed E-state index contributed by atoms with van der Waals surface area (Å²) < 4.78 is 1.07. The number of nitrogens with two attached hydrogens (primary N) is 2. The van der Waals surface area contributed by atoms with Gasteiger partial charge < -0.3 is 16.4 Å². The highest BCUT2D eigenvalue weighted by molar-refractivity contribution is 9.10. The second kappa shape index (κ2) is 6.59. The Balaban J connectivity index is 2.10. The van der Waals surface area contributed by atoms with E-state index in [-0.39, 0.29) is 11.9 Å². The monoisotopic (exact) mass is 339 g/mol. The Bertz CT molecular complexity index is 482. The number of amides is 1. The average molecular weight is 340 g/mol. The first-order valence-corrected chi connectivity index (χ1v) is 7.85. The van der Waals surface area contributed by atoms with Crippen molar-refractivity contribution in [3.63, 3.8) is 0 Å². The summed E-state index contributed by atoms with van der Waals surface area (Å²) in [7, 11) is 0. The van der Waals surface area contributed by atoms with Crippen LogP contribution in [-0.2, 0) is 4.79 Å². The fourth-order valence-electron chi connectivity index (χ4n) is 2.84. The van der Waals surface area contributed by atoms with Gasteiger partial charge in [0.15, 0.2) is 0 Å². The molecule has 1 aromatic rings. The van der Waals surface area contributed by atoms with Crippen LogP contribution in [0.1, 0.15) is 37.8 Å². The average Bonchev–Trinajstić information content (AvgIpc) is 2.38. The van der Waals surface area contributed by atoms with Crippen LogP contribution in [0.25, 0.3) is 0 Å². The Labute approximate surface area is 128 Å². The minimum Gasteiger partial charge on any atom is -0.371 e. The van der Waals surface area contributed by atoms with E-state index in [1.165, 1.54) is 11.3 Å². The number of nitrogens with zero attached hydrogens (tertiary/aromatic N) is 1. The lowest BCUT2D eigenvalue weighted by atomic mass is 9.92. The first-order chi connectivity index (χ1) is 9.47. The zero-order valence-electron chi connectivity index (χ0n) is 11.8. The van der Waals surface area contributed by atoms with Crippen LogP contribution in [0.3, 0.4) is 0 Å². The fraction of sp³-hybridized carbons (Fsp3) is 0.533. The molecule has 1 unspecified atom stereocenters. The second-order valence-electron chi connectivity index (χ2n) is 5.59. The van der Waals surface area contributed by atoms with E-state index in [2.05, 4.69) is 33.0 Å². The number of hydrogen-bond donors (Lipinski definition) is 2. The second-order valence-corrected chi connectivity index (χ2v) is 6.51. The molecule has 0 spiro atoms. The van der Waals surface area contributed by atoms with Gasteiger partial charge in [-0.3, -0.25) is 4.79 Å². The Morgan fingerprint density at radius 1 is 1.45 bits per heavy atom. The van der Waals surface area contributed by atoms with E-state index in [4.69, 9.17) is 11.5 Å². The highest BCUT2D eigenvalue weighted by atomic mass is 79.9. The number of carbonyl (C=O) groups excluding carboxylic acids is 1. The highest BCUT2D eigenvalue weighted by Crippen LogP contribution is 2.32. The van der Waals surface area contributed by atoms with E-state index in [1.807, 2.05) is 13.0 Å². The van der Waals surface area contributed by atoms with Crippen LogP contribution in [0.4, 0.5) is 5.69 Å². The smallest absolute Gasteiger partial charge is 0.217 e. The van der Waals surface area contributed by atoms with Gasteiger partial charge in [-0.15, -0.1) is 0 Å². The summed E-state index contributed by atoms with van der Waals surface area (Å²) in [6.45, 7) is 3.91. The van der Waals surface area contributed by atoms with Crippen molar-refractivity contribution in [3.8, 4) is 0 Å². The molecule has 4 N–H and O–H groups in total. The molecular weight excluding hydrogens is 318 g/mol. The Hall–Kier alpha value is -1.07. The molecule has 0 bridgehead atoms. The summed E-state index contributed by atoms with van der Waals surface area (Å²) >= 11 is 3.53. The van der Waals surface area contributed by atoms with Crippen LogP contribution in [0.5, 0.6) is 0 Å². The van der Waals surface area contributed by atoms with Gasteiger partial charge in [-0.1, -0.05) is 22.0 Å².